The van der Waals surface area contributed by atoms with Gasteiger partial charge in [0.15, 0.2) is 0 Å². The first kappa shape index (κ1) is 10.8. The van der Waals surface area contributed by atoms with Gasteiger partial charge < -0.3 is 14.8 Å². The summed E-state index contributed by atoms with van der Waals surface area (Å²) in [5.74, 6) is 1.28. The van der Waals surface area contributed by atoms with E-state index in [2.05, 4.69) is 5.32 Å². The highest BCUT2D eigenvalue weighted by Crippen LogP contribution is 2.32. The van der Waals surface area contributed by atoms with Gasteiger partial charge in [-0.15, -0.1) is 0 Å². The molecule has 0 atom stereocenters. The van der Waals surface area contributed by atoms with Gasteiger partial charge in [0.05, 0.1) is 19.8 Å². The fourth-order valence-electron chi connectivity index (χ4n) is 2.02. The number of benzene rings is 1. The molecule has 86 valence electrons. The van der Waals surface area contributed by atoms with Gasteiger partial charge in [-0.1, -0.05) is 0 Å². The lowest BCUT2D eigenvalue weighted by Crippen LogP contribution is -2.23. The van der Waals surface area contributed by atoms with Crippen molar-refractivity contribution in [1.82, 2.24) is 5.32 Å². The molecule has 16 heavy (non-hydrogen) atoms. The highest BCUT2D eigenvalue weighted by Gasteiger charge is 2.22. The number of carbonyl (C=O) groups is 1. The summed E-state index contributed by atoms with van der Waals surface area (Å²) < 4.78 is 10.5. The number of carbonyl (C=O) groups excluding carboxylic acids is 1. The topological polar surface area (TPSA) is 47.6 Å². The van der Waals surface area contributed by atoms with Crippen molar-refractivity contribution in [2.75, 3.05) is 20.8 Å². The second-order valence-electron chi connectivity index (χ2n) is 3.68. The van der Waals surface area contributed by atoms with Crippen molar-refractivity contribution in [1.29, 1.82) is 0 Å². The Morgan fingerprint density at radius 2 is 1.88 bits per heavy atom. The molecule has 0 saturated carbocycles. The molecule has 0 aromatic heterocycles. The van der Waals surface area contributed by atoms with Crippen LogP contribution in [-0.4, -0.2) is 26.7 Å². The number of amides is 1. The highest BCUT2D eigenvalue weighted by atomic mass is 16.5. The van der Waals surface area contributed by atoms with Crippen molar-refractivity contribution in [3.05, 3.63) is 23.3 Å². The molecule has 4 heteroatoms. The number of ether oxygens (including phenoxy) is 2. The van der Waals surface area contributed by atoms with Gasteiger partial charge in [-0.2, -0.15) is 0 Å². The normalized spacial score (nSPS) is 14.8. The van der Waals surface area contributed by atoms with Crippen LogP contribution in [0.4, 0.5) is 0 Å². The Labute approximate surface area is 94.6 Å². The van der Waals surface area contributed by atoms with E-state index in [-0.39, 0.29) is 5.91 Å². The van der Waals surface area contributed by atoms with Crippen LogP contribution in [-0.2, 0) is 6.42 Å². The van der Waals surface area contributed by atoms with Gasteiger partial charge in [0.2, 0.25) is 0 Å². The molecule has 1 aromatic carbocycles. The van der Waals surface area contributed by atoms with Gasteiger partial charge in [-0.05, 0) is 25.0 Å². The van der Waals surface area contributed by atoms with Gasteiger partial charge >= 0.3 is 0 Å². The molecule has 0 aliphatic carbocycles. The minimum atomic E-state index is -0.0803. The molecule has 0 saturated heterocycles. The van der Waals surface area contributed by atoms with E-state index in [1.807, 2.05) is 6.07 Å². The molecule has 1 aliphatic rings. The van der Waals surface area contributed by atoms with Crippen LogP contribution in [0.5, 0.6) is 11.5 Å². The zero-order valence-corrected chi connectivity index (χ0v) is 9.50. The Morgan fingerprint density at radius 1 is 1.19 bits per heavy atom. The maximum Gasteiger partial charge on any atom is 0.255 e. The number of hydrogen-bond donors (Lipinski definition) is 1. The van der Waals surface area contributed by atoms with Crippen molar-refractivity contribution in [2.24, 2.45) is 0 Å². The van der Waals surface area contributed by atoms with Gasteiger partial charge in [0.25, 0.3) is 5.91 Å². The largest absolute Gasteiger partial charge is 0.496 e. The van der Waals surface area contributed by atoms with Crippen LogP contribution in [0.15, 0.2) is 12.1 Å². The summed E-state index contributed by atoms with van der Waals surface area (Å²) in [6.45, 7) is 0.694. The van der Waals surface area contributed by atoms with Gasteiger partial charge in [-0.25, -0.2) is 0 Å². The van der Waals surface area contributed by atoms with Crippen molar-refractivity contribution in [3.63, 3.8) is 0 Å². The van der Waals surface area contributed by atoms with Gasteiger partial charge in [-0.3, -0.25) is 4.79 Å². The summed E-state index contributed by atoms with van der Waals surface area (Å²) in [6, 6.07) is 3.61. The molecule has 1 aromatic rings. The quantitative estimate of drug-likeness (QED) is 0.820. The SMILES string of the molecule is COc1ccc(OC)c2c1CCCNC2=O. The third-order valence-electron chi connectivity index (χ3n) is 2.79. The van der Waals surface area contributed by atoms with Crippen LogP contribution >= 0.6 is 0 Å². The van der Waals surface area contributed by atoms with E-state index in [4.69, 9.17) is 9.47 Å². The first-order chi connectivity index (χ1) is 7.77. The van der Waals surface area contributed by atoms with Crippen molar-refractivity contribution in [2.45, 2.75) is 12.8 Å². The van der Waals surface area contributed by atoms with Crippen LogP contribution in [0.3, 0.4) is 0 Å². The van der Waals surface area contributed by atoms with E-state index in [0.717, 1.165) is 24.2 Å². The summed E-state index contributed by atoms with van der Waals surface area (Å²) in [5, 5.41) is 2.85. The summed E-state index contributed by atoms with van der Waals surface area (Å²) in [6.07, 6.45) is 1.75. The van der Waals surface area contributed by atoms with Crippen LogP contribution in [0.1, 0.15) is 22.3 Å². The highest BCUT2D eigenvalue weighted by molar-refractivity contribution is 5.99. The average Bonchev–Trinajstić information content (AvgIpc) is 2.51. The molecule has 0 spiro atoms. The predicted molar refractivity (Wildman–Crippen MR) is 60.2 cm³/mol. The predicted octanol–water partition coefficient (Wildman–Crippen LogP) is 1.38. The number of methoxy groups -OCH3 is 2. The smallest absolute Gasteiger partial charge is 0.255 e. The lowest BCUT2D eigenvalue weighted by Gasteiger charge is -2.13. The third-order valence-corrected chi connectivity index (χ3v) is 2.79. The van der Waals surface area contributed by atoms with E-state index >= 15 is 0 Å². The summed E-state index contributed by atoms with van der Waals surface area (Å²) in [5.41, 5.74) is 1.55. The minimum Gasteiger partial charge on any atom is -0.496 e. The molecule has 0 fully saturated rings. The van der Waals surface area contributed by atoms with Gasteiger partial charge in [0.1, 0.15) is 11.5 Å². The maximum atomic E-state index is 11.9. The second kappa shape index (κ2) is 4.43. The molecule has 4 nitrogen and oxygen atoms in total. The van der Waals surface area contributed by atoms with E-state index < -0.39 is 0 Å². The number of rotatable bonds is 2. The molecule has 1 N–H and O–H groups in total. The standard InChI is InChI=1S/C12H15NO3/c1-15-9-5-6-10(16-2)11-8(9)4-3-7-13-12(11)14/h5-6H,3-4,7H2,1-2H3,(H,13,14). The Hall–Kier alpha value is -1.71. The number of fused-ring (bicyclic) bond motifs is 1. The molecule has 0 unspecified atom stereocenters. The minimum absolute atomic E-state index is 0.0803. The van der Waals surface area contributed by atoms with E-state index in [1.165, 1.54) is 0 Å². The fraction of sp³-hybridized carbons (Fsp3) is 0.417. The molecule has 0 bridgehead atoms. The summed E-state index contributed by atoms with van der Waals surface area (Å²) in [4.78, 5) is 11.9. The molecule has 1 amide bonds. The molecule has 1 heterocycles. The van der Waals surface area contributed by atoms with Crippen LogP contribution in [0.25, 0.3) is 0 Å². The van der Waals surface area contributed by atoms with Crippen molar-refractivity contribution >= 4 is 5.91 Å². The number of nitrogens with one attached hydrogen (secondary N) is 1. The average molecular weight is 221 g/mol. The summed E-state index contributed by atoms with van der Waals surface area (Å²) in [7, 11) is 3.19. The van der Waals surface area contributed by atoms with Crippen molar-refractivity contribution < 1.29 is 14.3 Å². The zero-order chi connectivity index (χ0) is 11.5. The Morgan fingerprint density at radius 3 is 2.56 bits per heavy atom. The number of hydrogen-bond acceptors (Lipinski definition) is 3. The first-order valence-electron chi connectivity index (χ1n) is 5.30. The Kier molecular flexibility index (Phi) is 2.99. The van der Waals surface area contributed by atoms with E-state index in [9.17, 15) is 4.79 Å². The zero-order valence-electron chi connectivity index (χ0n) is 9.50. The molecule has 0 radical (unpaired) electrons. The van der Waals surface area contributed by atoms with Crippen LogP contribution in [0.2, 0.25) is 0 Å². The molecule has 2 rings (SSSR count). The molecule has 1 aliphatic heterocycles. The molecular formula is C12H15NO3. The lowest BCUT2D eigenvalue weighted by atomic mass is 10.0. The van der Waals surface area contributed by atoms with Crippen LogP contribution < -0.4 is 14.8 Å². The maximum absolute atomic E-state index is 11.9. The third kappa shape index (κ3) is 1.71. The van der Waals surface area contributed by atoms with E-state index in [1.54, 1.807) is 20.3 Å². The monoisotopic (exact) mass is 221 g/mol. The Bertz CT molecular complexity index is 415. The first-order valence-corrected chi connectivity index (χ1v) is 5.30. The van der Waals surface area contributed by atoms with Crippen LogP contribution in [0, 0.1) is 0 Å². The lowest BCUT2D eigenvalue weighted by molar-refractivity contribution is 0.0953. The second-order valence-corrected chi connectivity index (χ2v) is 3.68. The van der Waals surface area contributed by atoms with E-state index in [0.29, 0.717) is 17.9 Å². The fourth-order valence-corrected chi connectivity index (χ4v) is 2.02. The molecular weight excluding hydrogens is 206 g/mol. The summed E-state index contributed by atoms with van der Waals surface area (Å²) >= 11 is 0. The Balaban J connectivity index is 2.61. The van der Waals surface area contributed by atoms with Gasteiger partial charge in [0, 0.05) is 12.1 Å². The van der Waals surface area contributed by atoms with Crippen molar-refractivity contribution in [3.8, 4) is 11.5 Å².